The number of rotatable bonds is 6. The highest BCUT2D eigenvalue weighted by Gasteiger charge is 2.13. The summed E-state index contributed by atoms with van der Waals surface area (Å²) >= 11 is 5.88. The lowest BCUT2D eigenvalue weighted by Gasteiger charge is -2.14. The van der Waals surface area contributed by atoms with Crippen molar-refractivity contribution in [2.75, 3.05) is 20.2 Å². The fourth-order valence-electron chi connectivity index (χ4n) is 1.62. The maximum Gasteiger partial charge on any atom is 0.255 e. The van der Waals surface area contributed by atoms with Gasteiger partial charge in [-0.05, 0) is 31.7 Å². The van der Waals surface area contributed by atoms with Gasteiger partial charge in [0.15, 0.2) is 0 Å². The molecule has 4 nitrogen and oxygen atoms in total. The maximum atomic E-state index is 12.0. The molecule has 0 spiro atoms. The predicted octanol–water partition coefficient (Wildman–Crippen LogP) is 2.50. The molecular formula is C13H20Cl2N2O2. The van der Waals surface area contributed by atoms with E-state index in [9.17, 15) is 4.79 Å². The van der Waals surface area contributed by atoms with E-state index < -0.39 is 0 Å². The molecule has 0 fully saturated rings. The Labute approximate surface area is 125 Å². The fourth-order valence-corrected chi connectivity index (χ4v) is 1.79. The molecule has 0 aliphatic heterocycles. The third kappa shape index (κ3) is 5.68. The van der Waals surface area contributed by atoms with E-state index >= 15 is 0 Å². The van der Waals surface area contributed by atoms with Crippen molar-refractivity contribution in [3.63, 3.8) is 0 Å². The molecule has 6 heteroatoms. The number of amides is 1. The second kappa shape index (κ2) is 9.02. The van der Waals surface area contributed by atoms with Gasteiger partial charge in [0.2, 0.25) is 0 Å². The van der Waals surface area contributed by atoms with Gasteiger partial charge >= 0.3 is 0 Å². The zero-order valence-electron chi connectivity index (χ0n) is 11.3. The summed E-state index contributed by atoms with van der Waals surface area (Å²) in [5.41, 5.74) is 0.452. The standard InChI is InChI=1S/C13H19ClN2O2.ClH/c1-4-15-9(2)8-16-13(17)11-7-10(14)5-6-12(11)18-3;/h5-7,9,15H,4,8H2,1-3H3,(H,16,17);1H/t9-;/m1./s1. The third-order valence-electron chi connectivity index (χ3n) is 2.53. The molecule has 108 valence electrons. The Morgan fingerprint density at radius 2 is 2.16 bits per heavy atom. The van der Waals surface area contributed by atoms with Crippen molar-refractivity contribution in [3.05, 3.63) is 28.8 Å². The van der Waals surface area contributed by atoms with E-state index in [1.165, 1.54) is 7.11 Å². The number of benzene rings is 1. The summed E-state index contributed by atoms with van der Waals surface area (Å²) in [7, 11) is 1.53. The van der Waals surface area contributed by atoms with E-state index in [4.69, 9.17) is 16.3 Å². The lowest BCUT2D eigenvalue weighted by Crippen LogP contribution is -2.38. The van der Waals surface area contributed by atoms with Crippen molar-refractivity contribution < 1.29 is 9.53 Å². The molecule has 1 aromatic rings. The van der Waals surface area contributed by atoms with Crippen LogP contribution < -0.4 is 15.4 Å². The molecule has 0 saturated heterocycles. The lowest BCUT2D eigenvalue weighted by atomic mass is 10.2. The van der Waals surface area contributed by atoms with Crippen LogP contribution in [0.2, 0.25) is 5.02 Å². The normalized spacial score (nSPS) is 11.4. The molecule has 0 unspecified atom stereocenters. The van der Waals surface area contributed by atoms with Crippen LogP contribution in [0.1, 0.15) is 24.2 Å². The Bertz CT molecular complexity index is 414. The second-order valence-electron chi connectivity index (χ2n) is 4.01. The monoisotopic (exact) mass is 306 g/mol. The molecule has 0 saturated carbocycles. The molecule has 19 heavy (non-hydrogen) atoms. The average molecular weight is 307 g/mol. The van der Waals surface area contributed by atoms with Crippen molar-refractivity contribution in [2.45, 2.75) is 19.9 Å². The van der Waals surface area contributed by atoms with Gasteiger partial charge in [-0.2, -0.15) is 0 Å². The van der Waals surface area contributed by atoms with E-state index in [1.54, 1.807) is 18.2 Å². The topological polar surface area (TPSA) is 50.4 Å². The Morgan fingerprint density at radius 3 is 2.74 bits per heavy atom. The van der Waals surface area contributed by atoms with Gasteiger partial charge in [-0.15, -0.1) is 12.4 Å². The highest BCUT2D eigenvalue weighted by atomic mass is 35.5. The van der Waals surface area contributed by atoms with Crippen LogP contribution in [-0.4, -0.2) is 32.1 Å². The number of carbonyl (C=O) groups is 1. The van der Waals surface area contributed by atoms with Gasteiger partial charge in [0.25, 0.3) is 5.91 Å². The van der Waals surface area contributed by atoms with Gasteiger partial charge in [0.05, 0.1) is 12.7 Å². The molecule has 0 radical (unpaired) electrons. The molecule has 0 bridgehead atoms. The highest BCUT2D eigenvalue weighted by Crippen LogP contribution is 2.22. The predicted molar refractivity (Wildman–Crippen MR) is 80.7 cm³/mol. The number of ether oxygens (including phenoxy) is 1. The third-order valence-corrected chi connectivity index (χ3v) is 2.76. The second-order valence-corrected chi connectivity index (χ2v) is 4.45. The van der Waals surface area contributed by atoms with Gasteiger partial charge in [0, 0.05) is 17.6 Å². The van der Waals surface area contributed by atoms with Gasteiger partial charge < -0.3 is 15.4 Å². The van der Waals surface area contributed by atoms with Crippen LogP contribution in [0.4, 0.5) is 0 Å². The molecule has 1 atom stereocenters. The van der Waals surface area contributed by atoms with E-state index in [2.05, 4.69) is 10.6 Å². The van der Waals surface area contributed by atoms with Crippen molar-refractivity contribution in [1.82, 2.24) is 10.6 Å². The smallest absolute Gasteiger partial charge is 0.255 e. The quantitative estimate of drug-likeness (QED) is 0.849. The number of likely N-dealkylation sites (N-methyl/N-ethyl adjacent to an activating group) is 1. The molecule has 0 heterocycles. The molecule has 0 aromatic heterocycles. The number of carbonyl (C=O) groups excluding carboxylic acids is 1. The first-order chi connectivity index (χ1) is 8.58. The van der Waals surface area contributed by atoms with Gasteiger partial charge in [-0.1, -0.05) is 18.5 Å². The molecule has 0 aliphatic rings. The zero-order valence-corrected chi connectivity index (χ0v) is 12.9. The van der Waals surface area contributed by atoms with Crippen LogP contribution in [-0.2, 0) is 0 Å². The summed E-state index contributed by atoms with van der Waals surface area (Å²) in [6.07, 6.45) is 0. The van der Waals surface area contributed by atoms with E-state index in [0.717, 1.165) is 6.54 Å². The average Bonchev–Trinajstić information content (AvgIpc) is 2.36. The van der Waals surface area contributed by atoms with E-state index in [1.807, 2.05) is 13.8 Å². The number of nitrogens with one attached hydrogen (secondary N) is 2. The Balaban J connectivity index is 0.00000324. The largest absolute Gasteiger partial charge is 0.496 e. The molecule has 1 amide bonds. The van der Waals surface area contributed by atoms with Crippen molar-refractivity contribution in [1.29, 1.82) is 0 Å². The van der Waals surface area contributed by atoms with Crippen molar-refractivity contribution in [2.24, 2.45) is 0 Å². The lowest BCUT2D eigenvalue weighted by molar-refractivity contribution is 0.0947. The number of halogens is 2. The molecule has 1 rings (SSSR count). The first kappa shape index (κ1) is 18.0. The SMILES string of the molecule is CCN[C@H](C)CNC(=O)c1cc(Cl)ccc1OC.Cl. The summed E-state index contributed by atoms with van der Waals surface area (Å²) in [6.45, 7) is 5.47. The summed E-state index contributed by atoms with van der Waals surface area (Å²) in [4.78, 5) is 12.0. The van der Waals surface area contributed by atoms with Crippen molar-refractivity contribution >= 4 is 29.9 Å². The Kier molecular flexibility index (Phi) is 8.56. The molecular weight excluding hydrogens is 287 g/mol. The van der Waals surface area contributed by atoms with Gasteiger partial charge in [-0.25, -0.2) is 0 Å². The van der Waals surface area contributed by atoms with Gasteiger partial charge in [-0.3, -0.25) is 4.79 Å². The van der Waals surface area contributed by atoms with Gasteiger partial charge in [0.1, 0.15) is 5.75 Å². The van der Waals surface area contributed by atoms with Crippen LogP contribution in [0, 0.1) is 0 Å². The van der Waals surface area contributed by atoms with E-state index in [-0.39, 0.29) is 24.4 Å². The van der Waals surface area contributed by atoms with E-state index in [0.29, 0.717) is 22.9 Å². The van der Waals surface area contributed by atoms with Crippen LogP contribution >= 0.6 is 24.0 Å². The fraction of sp³-hybridized carbons (Fsp3) is 0.462. The Morgan fingerprint density at radius 1 is 1.47 bits per heavy atom. The Hall–Kier alpha value is -0.970. The summed E-state index contributed by atoms with van der Waals surface area (Å²) in [5, 5.41) is 6.58. The molecule has 0 aliphatic carbocycles. The minimum Gasteiger partial charge on any atom is -0.496 e. The molecule has 1 aromatic carbocycles. The minimum atomic E-state index is -0.181. The number of hydrogen-bond donors (Lipinski definition) is 2. The molecule has 2 N–H and O–H groups in total. The van der Waals surface area contributed by atoms with Crippen molar-refractivity contribution in [3.8, 4) is 5.75 Å². The van der Waals surface area contributed by atoms with Crippen LogP contribution in [0.25, 0.3) is 0 Å². The van der Waals surface area contributed by atoms with Crippen LogP contribution in [0.3, 0.4) is 0 Å². The summed E-state index contributed by atoms with van der Waals surface area (Å²) < 4.78 is 5.14. The van der Waals surface area contributed by atoms with Crippen LogP contribution in [0.5, 0.6) is 5.75 Å². The highest BCUT2D eigenvalue weighted by molar-refractivity contribution is 6.31. The maximum absolute atomic E-state index is 12.0. The summed E-state index contributed by atoms with van der Waals surface area (Å²) in [5.74, 6) is 0.340. The first-order valence-electron chi connectivity index (χ1n) is 5.93. The summed E-state index contributed by atoms with van der Waals surface area (Å²) in [6, 6.07) is 5.21. The first-order valence-corrected chi connectivity index (χ1v) is 6.31. The van der Waals surface area contributed by atoms with Crippen LogP contribution in [0.15, 0.2) is 18.2 Å². The zero-order chi connectivity index (χ0) is 13.5. The number of hydrogen-bond acceptors (Lipinski definition) is 3. The number of methoxy groups -OCH3 is 1. The minimum absolute atomic E-state index is 0.